The van der Waals surface area contributed by atoms with E-state index in [1.54, 1.807) is 4.90 Å². The number of likely N-dealkylation sites (tertiary alicyclic amines) is 1. The van der Waals surface area contributed by atoms with Gasteiger partial charge in [0.1, 0.15) is 11.8 Å². The highest BCUT2D eigenvalue weighted by Gasteiger charge is 2.41. The van der Waals surface area contributed by atoms with Gasteiger partial charge in [0.15, 0.2) is 0 Å². The van der Waals surface area contributed by atoms with E-state index in [4.69, 9.17) is 5.73 Å². The molecular weight excluding hydrogens is 286 g/mol. The molecule has 0 spiro atoms. The van der Waals surface area contributed by atoms with Crippen LogP contribution in [0, 0.1) is 0 Å². The van der Waals surface area contributed by atoms with Crippen molar-refractivity contribution in [2.45, 2.75) is 45.2 Å². The molecule has 0 bridgehead atoms. The number of nitrogens with two attached hydrogens (primary N) is 1. The van der Waals surface area contributed by atoms with Crippen LogP contribution in [0.5, 0.6) is 0 Å². The van der Waals surface area contributed by atoms with Crippen molar-refractivity contribution >= 4 is 23.4 Å². The Morgan fingerprint density at radius 3 is 2.59 bits per heavy atom. The van der Waals surface area contributed by atoms with Crippen molar-refractivity contribution in [3.63, 3.8) is 0 Å². The van der Waals surface area contributed by atoms with Crippen LogP contribution < -0.4 is 11.2 Å². The second kappa shape index (κ2) is 6.87. The lowest BCUT2D eigenvalue weighted by atomic mass is 10.1. The molecule has 22 heavy (non-hydrogen) atoms. The molecule has 2 aliphatic heterocycles. The first-order chi connectivity index (χ1) is 10.5. The topological polar surface area (TPSA) is 108 Å². The van der Waals surface area contributed by atoms with Gasteiger partial charge in [-0.2, -0.15) is 5.10 Å². The van der Waals surface area contributed by atoms with Gasteiger partial charge in [-0.25, -0.2) is 5.43 Å². The van der Waals surface area contributed by atoms with E-state index in [2.05, 4.69) is 10.5 Å². The largest absolute Gasteiger partial charge is 0.341 e. The van der Waals surface area contributed by atoms with Gasteiger partial charge in [0, 0.05) is 38.5 Å². The molecule has 2 heterocycles. The summed E-state index contributed by atoms with van der Waals surface area (Å²) in [6.07, 6.45) is 0.989. The fraction of sp³-hybridized carbons (Fsp3) is 0.714. The number of nitrogens with one attached hydrogen (secondary N) is 1. The Hall–Kier alpha value is -1.96. The van der Waals surface area contributed by atoms with Gasteiger partial charge in [-0.05, 0) is 20.3 Å². The van der Waals surface area contributed by atoms with Crippen molar-refractivity contribution in [2.75, 3.05) is 19.6 Å². The average Bonchev–Trinajstić information content (AvgIpc) is 2.90. The van der Waals surface area contributed by atoms with Crippen molar-refractivity contribution in [1.82, 2.24) is 15.2 Å². The second-order valence-electron chi connectivity index (χ2n) is 5.57. The number of amides is 3. The Kier molecular flexibility index (Phi) is 5.12. The van der Waals surface area contributed by atoms with E-state index in [9.17, 15) is 14.4 Å². The highest BCUT2D eigenvalue weighted by molar-refractivity contribution is 6.39. The van der Waals surface area contributed by atoms with Gasteiger partial charge in [-0.3, -0.25) is 14.4 Å². The highest BCUT2D eigenvalue weighted by atomic mass is 16.2. The summed E-state index contributed by atoms with van der Waals surface area (Å²) >= 11 is 0. The lowest BCUT2D eigenvalue weighted by Crippen LogP contribution is -2.50. The number of carbonyl (C=O) groups excluding carboxylic acids is 3. The second-order valence-corrected chi connectivity index (χ2v) is 5.57. The van der Waals surface area contributed by atoms with Crippen LogP contribution in [-0.2, 0) is 14.4 Å². The molecule has 1 saturated heterocycles. The molecule has 0 aromatic heterocycles. The summed E-state index contributed by atoms with van der Waals surface area (Å²) in [6.45, 7) is 5.34. The van der Waals surface area contributed by atoms with Crippen molar-refractivity contribution < 1.29 is 14.4 Å². The van der Waals surface area contributed by atoms with Crippen LogP contribution in [0.1, 0.15) is 33.1 Å². The first kappa shape index (κ1) is 16.4. The van der Waals surface area contributed by atoms with Gasteiger partial charge < -0.3 is 15.5 Å². The normalized spacial score (nSPS) is 24.8. The smallest absolute Gasteiger partial charge is 0.270 e. The van der Waals surface area contributed by atoms with Gasteiger partial charge in [0.2, 0.25) is 11.8 Å². The number of hydrazone groups is 1. The summed E-state index contributed by atoms with van der Waals surface area (Å²) in [5.74, 6) is -0.587. The summed E-state index contributed by atoms with van der Waals surface area (Å²) in [7, 11) is 0. The zero-order valence-corrected chi connectivity index (χ0v) is 13.0. The zero-order valence-electron chi connectivity index (χ0n) is 13.0. The molecule has 2 aliphatic rings. The molecule has 8 nitrogen and oxygen atoms in total. The van der Waals surface area contributed by atoms with Crippen LogP contribution in [-0.4, -0.2) is 65.0 Å². The van der Waals surface area contributed by atoms with Crippen LogP contribution in [0.25, 0.3) is 0 Å². The molecule has 0 radical (unpaired) electrons. The molecule has 1 fully saturated rings. The maximum absolute atomic E-state index is 12.6. The quantitative estimate of drug-likeness (QED) is 0.698. The van der Waals surface area contributed by atoms with Gasteiger partial charge in [-0.1, -0.05) is 0 Å². The molecule has 122 valence electrons. The van der Waals surface area contributed by atoms with E-state index >= 15 is 0 Å². The van der Waals surface area contributed by atoms with E-state index in [0.717, 1.165) is 0 Å². The number of hydrogen-bond acceptors (Lipinski definition) is 5. The van der Waals surface area contributed by atoms with E-state index in [-0.39, 0.29) is 35.9 Å². The highest BCUT2D eigenvalue weighted by Crippen LogP contribution is 2.20. The number of rotatable bonds is 4. The molecule has 0 aromatic rings. The summed E-state index contributed by atoms with van der Waals surface area (Å²) < 4.78 is 0. The Morgan fingerprint density at radius 2 is 2.05 bits per heavy atom. The summed E-state index contributed by atoms with van der Waals surface area (Å²) in [5, 5.41) is 3.82. The molecule has 2 atom stereocenters. The molecule has 0 saturated carbocycles. The molecular formula is C14H23N5O3. The lowest BCUT2D eigenvalue weighted by Gasteiger charge is -2.29. The lowest BCUT2D eigenvalue weighted by molar-refractivity contribution is -0.140. The number of nitrogens with zero attached hydrogens (tertiary/aromatic N) is 3. The van der Waals surface area contributed by atoms with Crippen LogP contribution >= 0.6 is 0 Å². The molecule has 3 amide bonds. The fourth-order valence-electron chi connectivity index (χ4n) is 2.87. The van der Waals surface area contributed by atoms with Crippen molar-refractivity contribution in [2.24, 2.45) is 10.8 Å². The third kappa shape index (κ3) is 3.27. The molecule has 0 aromatic carbocycles. The van der Waals surface area contributed by atoms with Crippen LogP contribution in [0.3, 0.4) is 0 Å². The molecule has 3 N–H and O–H groups in total. The summed E-state index contributed by atoms with van der Waals surface area (Å²) in [6, 6.07) is -0.755. The minimum atomic E-state index is -0.539. The number of carbonyl (C=O) groups is 3. The summed E-state index contributed by atoms with van der Waals surface area (Å²) in [5.41, 5.74) is 8.55. The predicted octanol–water partition coefficient (Wildman–Crippen LogP) is -0.951. The Morgan fingerprint density at radius 1 is 1.36 bits per heavy atom. The Bertz CT molecular complexity index is 501. The average molecular weight is 309 g/mol. The summed E-state index contributed by atoms with van der Waals surface area (Å²) in [4.78, 5) is 39.5. The van der Waals surface area contributed by atoms with Crippen LogP contribution in [0.4, 0.5) is 0 Å². The van der Waals surface area contributed by atoms with Crippen molar-refractivity contribution in [3.8, 4) is 0 Å². The SMILES string of the molecule is CCN(CC)C(=O)[C@@H]1C[C@H](N)CN1C(=O)C1=NNC(=O)CC1. The Labute approximate surface area is 129 Å². The minimum absolute atomic E-state index is 0.0771. The number of hydrogen-bond donors (Lipinski definition) is 2. The number of likely N-dealkylation sites (N-methyl/N-ethyl adjacent to an activating group) is 1. The van der Waals surface area contributed by atoms with Crippen molar-refractivity contribution in [1.29, 1.82) is 0 Å². The predicted molar refractivity (Wildman–Crippen MR) is 80.8 cm³/mol. The molecule has 0 aliphatic carbocycles. The molecule has 0 unspecified atom stereocenters. The van der Waals surface area contributed by atoms with E-state index in [0.29, 0.717) is 32.5 Å². The van der Waals surface area contributed by atoms with Gasteiger partial charge in [0.05, 0.1) is 0 Å². The minimum Gasteiger partial charge on any atom is -0.341 e. The third-order valence-electron chi connectivity index (χ3n) is 4.11. The Balaban J connectivity index is 2.15. The fourth-order valence-corrected chi connectivity index (χ4v) is 2.87. The third-order valence-corrected chi connectivity index (χ3v) is 4.11. The van der Waals surface area contributed by atoms with Gasteiger partial charge in [0.25, 0.3) is 5.91 Å². The van der Waals surface area contributed by atoms with Gasteiger partial charge in [-0.15, -0.1) is 0 Å². The maximum atomic E-state index is 12.6. The van der Waals surface area contributed by atoms with E-state index in [1.807, 2.05) is 13.8 Å². The van der Waals surface area contributed by atoms with E-state index < -0.39 is 6.04 Å². The van der Waals surface area contributed by atoms with Crippen LogP contribution in [0.15, 0.2) is 5.10 Å². The maximum Gasteiger partial charge on any atom is 0.270 e. The first-order valence-electron chi connectivity index (χ1n) is 7.68. The zero-order chi connectivity index (χ0) is 16.3. The van der Waals surface area contributed by atoms with E-state index in [1.165, 1.54) is 4.90 Å². The first-order valence-corrected chi connectivity index (χ1v) is 7.68. The molecule has 2 rings (SSSR count). The monoisotopic (exact) mass is 309 g/mol. The van der Waals surface area contributed by atoms with Gasteiger partial charge >= 0.3 is 0 Å². The molecule has 8 heteroatoms. The standard InChI is InChI=1S/C14H23N5O3/c1-3-18(4-2)14(22)11-7-9(15)8-19(11)13(21)10-5-6-12(20)17-16-10/h9,11H,3-8,15H2,1-2H3,(H,17,20)/t9-,11-/m0/s1. The van der Waals surface area contributed by atoms with Crippen LogP contribution in [0.2, 0.25) is 0 Å². The van der Waals surface area contributed by atoms with Crippen molar-refractivity contribution in [3.05, 3.63) is 0 Å².